The van der Waals surface area contributed by atoms with Gasteiger partial charge >= 0.3 is 0 Å². The third-order valence-electron chi connectivity index (χ3n) is 2.13. The van der Waals surface area contributed by atoms with Gasteiger partial charge in [-0.3, -0.25) is 15.0 Å². The van der Waals surface area contributed by atoms with Crippen molar-refractivity contribution in [2.75, 3.05) is 0 Å². The minimum atomic E-state index is -0.782. The first-order valence-corrected chi connectivity index (χ1v) is 4.58. The van der Waals surface area contributed by atoms with E-state index in [1.54, 1.807) is 19.9 Å². The first kappa shape index (κ1) is 11.9. The smallest absolute Gasteiger partial charge is 0.288 e. The first-order chi connectivity index (χ1) is 6.88. The number of hydrogen-bond donors (Lipinski definition) is 1. The van der Waals surface area contributed by atoms with E-state index in [4.69, 9.17) is 22.3 Å². The summed E-state index contributed by atoms with van der Waals surface area (Å²) in [7, 11) is 0. The van der Waals surface area contributed by atoms with E-state index in [0.29, 0.717) is 5.56 Å². The largest absolute Gasteiger partial charge is 0.294 e. The van der Waals surface area contributed by atoms with Crippen molar-refractivity contribution in [1.29, 1.82) is 0 Å². The minimum Gasteiger partial charge on any atom is -0.294 e. The Morgan fingerprint density at radius 2 is 2.13 bits per heavy atom. The highest BCUT2D eigenvalue weighted by atomic mass is 35.5. The van der Waals surface area contributed by atoms with Gasteiger partial charge in [0.25, 0.3) is 5.69 Å². The molecule has 82 valence electrons. The van der Waals surface area contributed by atoms with Crippen LogP contribution in [0.25, 0.3) is 0 Å². The van der Waals surface area contributed by atoms with Gasteiger partial charge in [0.05, 0.1) is 4.92 Å². The number of hydrogen-bond acceptors (Lipinski definition) is 4. The monoisotopic (exact) mass is 230 g/mol. The Kier molecular flexibility index (Phi) is 3.28. The molecule has 15 heavy (non-hydrogen) atoms. The van der Waals surface area contributed by atoms with Crippen LogP contribution in [0.2, 0.25) is 5.02 Å². The predicted octanol–water partition coefficient (Wildman–Crippen LogP) is 2.37. The van der Waals surface area contributed by atoms with Gasteiger partial charge in [0.15, 0.2) is 0 Å². The zero-order valence-corrected chi connectivity index (χ0v) is 9.12. The minimum absolute atomic E-state index is 0.0940. The Balaban J connectivity index is 3.25. The maximum Gasteiger partial charge on any atom is 0.288 e. The van der Waals surface area contributed by atoms with Crippen molar-refractivity contribution in [2.24, 2.45) is 5.90 Å². The van der Waals surface area contributed by atoms with E-state index in [1.165, 1.54) is 12.1 Å². The molecule has 6 heteroatoms. The van der Waals surface area contributed by atoms with E-state index < -0.39 is 10.5 Å². The third-order valence-corrected chi connectivity index (χ3v) is 2.45. The highest BCUT2D eigenvalue weighted by Crippen LogP contribution is 2.31. The molecule has 0 fully saturated rings. The lowest BCUT2D eigenvalue weighted by atomic mass is 9.98. The van der Waals surface area contributed by atoms with E-state index in [2.05, 4.69) is 0 Å². The van der Waals surface area contributed by atoms with Gasteiger partial charge in [0.2, 0.25) is 0 Å². The van der Waals surface area contributed by atoms with Gasteiger partial charge in [0, 0.05) is 6.07 Å². The fourth-order valence-electron chi connectivity index (χ4n) is 1.10. The van der Waals surface area contributed by atoms with Gasteiger partial charge < -0.3 is 0 Å². The molecular weight excluding hydrogens is 220 g/mol. The SMILES string of the molecule is CC(C)(ON)c1ccc(Cl)c([N+](=O)[O-])c1. The Labute approximate surface area is 91.9 Å². The van der Waals surface area contributed by atoms with Crippen LogP contribution >= 0.6 is 11.6 Å². The second-order valence-corrected chi connectivity index (χ2v) is 3.96. The van der Waals surface area contributed by atoms with Crippen molar-refractivity contribution in [3.63, 3.8) is 0 Å². The maximum absolute atomic E-state index is 10.6. The normalized spacial score (nSPS) is 11.5. The van der Waals surface area contributed by atoms with Crippen molar-refractivity contribution in [1.82, 2.24) is 0 Å². The molecule has 1 rings (SSSR count). The highest BCUT2D eigenvalue weighted by Gasteiger charge is 2.24. The summed E-state index contributed by atoms with van der Waals surface area (Å²) in [6.07, 6.45) is 0. The molecule has 1 aromatic rings. The molecule has 0 aliphatic rings. The van der Waals surface area contributed by atoms with E-state index in [-0.39, 0.29) is 10.7 Å². The van der Waals surface area contributed by atoms with Gasteiger partial charge in [0.1, 0.15) is 10.6 Å². The molecule has 0 unspecified atom stereocenters. The Hall–Kier alpha value is -1.17. The number of nitrogens with zero attached hydrogens (tertiary/aromatic N) is 1. The van der Waals surface area contributed by atoms with E-state index in [1.807, 2.05) is 0 Å². The van der Waals surface area contributed by atoms with Crippen molar-refractivity contribution < 1.29 is 9.76 Å². The van der Waals surface area contributed by atoms with Crippen LogP contribution in [0.3, 0.4) is 0 Å². The summed E-state index contributed by atoms with van der Waals surface area (Å²) in [5.41, 5.74) is -0.338. The molecule has 0 bridgehead atoms. The molecule has 0 aliphatic heterocycles. The van der Waals surface area contributed by atoms with Gasteiger partial charge in [-0.2, -0.15) is 0 Å². The van der Waals surface area contributed by atoms with Crippen molar-refractivity contribution in [2.45, 2.75) is 19.4 Å². The second-order valence-electron chi connectivity index (χ2n) is 3.55. The molecule has 0 aliphatic carbocycles. The summed E-state index contributed by atoms with van der Waals surface area (Å²) in [4.78, 5) is 14.8. The van der Waals surface area contributed by atoms with E-state index in [0.717, 1.165) is 0 Å². The summed E-state index contributed by atoms with van der Waals surface area (Å²) in [6.45, 7) is 3.42. The molecule has 0 amide bonds. The Morgan fingerprint density at radius 3 is 2.60 bits per heavy atom. The molecule has 0 saturated heterocycles. The fourth-order valence-corrected chi connectivity index (χ4v) is 1.28. The number of nitrogens with two attached hydrogens (primary N) is 1. The standard InChI is InChI=1S/C9H11ClN2O3/c1-9(2,15-11)6-3-4-7(10)8(5-6)12(13)14/h3-5H,11H2,1-2H3. The molecule has 2 N–H and O–H groups in total. The number of nitro groups is 1. The molecule has 0 saturated carbocycles. The molecule has 0 atom stereocenters. The summed E-state index contributed by atoms with van der Waals surface area (Å²) in [5.74, 6) is 5.10. The van der Waals surface area contributed by atoms with Gasteiger partial charge in [-0.1, -0.05) is 17.7 Å². The van der Waals surface area contributed by atoms with Crippen LogP contribution in [-0.2, 0) is 10.4 Å². The summed E-state index contributed by atoms with van der Waals surface area (Å²) in [5, 5.41) is 10.7. The fraction of sp³-hybridized carbons (Fsp3) is 0.333. The van der Waals surface area contributed by atoms with Crippen molar-refractivity contribution in [3.8, 4) is 0 Å². The van der Waals surface area contributed by atoms with Gasteiger partial charge in [-0.05, 0) is 25.5 Å². The van der Waals surface area contributed by atoms with Gasteiger partial charge in [-0.15, -0.1) is 0 Å². The number of halogens is 1. The Morgan fingerprint density at radius 1 is 1.53 bits per heavy atom. The number of benzene rings is 1. The zero-order chi connectivity index (χ0) is 11.6. The molecule has 0 spiro atoms. The molecule has 0 heterocycles. The molecule has 0 aromatic heterocycles. The first-order valence-electron chi connectivity index (χ1n) is 4.21. The summed E-state index contributed by atoms with van der Waals surface area (Å²) >= 11 is 5.67. The van der Waals surface area contributed by atoms with Crippen LogP contribution < -0.4 is 5.90 Å². The summed E-state index contributed by atoms with van der Waals surface area (Å²) in [6, 6.07) is 4.45. The zero-order valence-electron chi connectivity index (χ0n) is 8.36. The van der Waals surface area contributed by atoms with Gasteiger partial charge in [-0.25, -0.2) is 5.90 Å². The lowest BCUT2D eigenvalue weighted by molar-refractivity contribution is -0.384. The van der Waals surface area contributed by atoms with E-state index >= 15 is 0 Å². The molecule has 5 nitrogen and oxygen atoms in total. The lowest BCUT2D eigenvalue weighted by Gasteiger charge is -2.21. The molecular formula is C9H11ClN2O3. The van der Waals surface area contributed by atoms with Crippen LogP contribution in [0.15, 0.2) is 18.2 Å². The predicted molar refractivity (Wildman–Crippen MR) is 56.4 cm³/mol. The second kappa shape index (κ2) is 4.14. The van der Waals surface area contributed by atoms with Crippen molar-refractivity contribution >= 4 is 17.3 Å². The van der Waals surface area contributed by atoms with Crippen LogP contribution in [0.4, 0.5) is 5.69 Å². The van der Waals surface area contributed by atoms with Crippen molar-refractivity contribution in [3.05, 3.63) is 38.9 Å². The summed E-state index contributed by atoms with van der Waals surface area (Å²) < 4.78 is 0. The molecule has 1 aromatic carbocycles. The number of nitro benzene ring substituents is 1. The lowest BCUT2D eigenvalue weighted by Crippen LogP contribution is -2.25. The maximum atomic E-state index is 10.6. The van der Waals surface area contributed by atoms with Crippen LogP contribution in [0.5, 0.6) is 0 Å². The van der Waals surface area contributed by atoms with Crippen LogP contribution in [0, 0.1) is 10.1 Å². The van der Waals surface area contributed by atoms with Crippen LogP contribution in [0.1, 0.15) is 19.4 Å². The van der Waals surface area contributed by atoms with E-state index in [9.17, 15) is 10.1 Å². The molecule has 0 radical (unpaired) electrons. The van der Waals surface area contributed by atoms with Crippen LogP contribution in [-0.4, -0.2) is 4.92 Å². The number of rotatable bonds is 3. The quantitative estimate of drug-likeness (QED) is 0.639. The average molecular weight is 231 g/mol. The highest BCUT2D eigenvalue weighted by molar-refractivity contribution is 6.32. The Bertz CT molecular complexity index is 393. The average Bonchev–Trinajstić information content (AvgIpc) is 2.17. The third kappa shape index (κ3) is 2.44. The topological polar surface area (TPSA) is 78.4 Å².